The molecule has 166 valence electrons. The van der Waals surface area contributed by atoms with Crippen molar-refractivity contribution in [3.63, 3.8) is 0 Å². The molecule has 0 unspecified atom stereocenters. The average molecular weight is 436 g/mol. The van der Waals surface area contributed by atoms with E-state index < -0.39 is 11.7 Å². The Morgan fingerprint density at radius 3 is 2.56 bits per heavy atom. The third-order valence-electron chi connectivity index (χ3n) is 5.51. The van der Waals surface area contributed by atoms with Crippen LogP contribution in [0.3, 0.4) is 0 Å². The van der Waals surface area contributed by atoms with Gasteiger partial charge >= 0.3 is 0 Å². The summed E-state index contributed by atoms with van der Waals surface area (Å²) in [6.45, 7) is 3.53. The van der Waals surface area contributed by atoms with Gasteiger partial charge in [-0.2, -0.15) is 5.10 Å². The monoisotopic (exact) mass is 436 g/mol. The summed E-state index contributed by atoms with van der Waals surface area (Å²) < 4.78 is 19.2. The summed E-state index contributed by atoms with van der Waals surface area (Å²) in [4.78, 5) is 26.9. The second-order valence-electron chi connectivity index (χ2n) is 7.64. The Hall–Kier alpha value is -3.68. The van der Waals surface area contributed by atoms with Crippen LogP contribution in [0, 0.1) is 5.82 Å². The van der Waals surface area contributed by atoms with Crippen molar-refractivity contribution in [2.45, 2.75) is 25.8 Å². The van der Waals surface area contributed by atoms with Gasteiger partial charge in [0.1, 0.15) is 17.3 Å². The Morgan fingerprint density at radius 2 is 1.88 bits per heavy atom. The van der Waals surface area contributed by atoms with E-state index in [1.54, 1.807) is 23.1 Å². The zero-order valence-corrected chi connectivity index (χ0v) is 17.8. The highest BCUT2D eigenvalue weighted by molar-refractivity contribution is 5.95. The standard InChI is InChI=1S/C24H25FN4O3/c1-2-32-18-9-7-16(8-10-18)21-15-22(28-27-21)24(31)29-13-11-17(12-14-29)26-23(30)19-5-3-4-6-20(19)25/h3-10,15,17H,2,11-14H2,1H3,(H,26,30)(H,27,28). The zero-order chi connectivity index (χ0) is 22.5. The van der Waals surface area contributed by atoms with Gasteiger partial charge in [0, 0.05) is 24.7 Å². The van der Waals surface area contributed by atoms with Crippen molar-refractivity contribution < 1.29 is 18.7 Å². The van der Waals surface area contributed by atoms with E-state index in [-0.39, 0.29) is 17.5 Å². The number of benzene rings is 2. The highest BCUT2D eigenvalue weighted by Gasteiger charge is 2.26. The third-order valence-corrected chi connectivity index (χ3v) is 5.51. The molecule has 1 saturated heterocycles. The smallest absolute Gasteiger partial charge is 0.271 e. The quantitative estimate of drug-likeness (QED) is 0.618. The van der Waals surface area contributed by atoms with Crippen LogP contribution in [0.25, 0.3) is 11.3 Å². The molecule has 4 rings (SSSR count). The van der Waals surface area contributed by atoms with Crippen LogP contribution in [0.2, 0.25) is 0 Å². The number of H-pyrrole nitrogens is 1. The molecular formula is C24H25FN4O3. The van der Waals surface area contributed by atoms with Crippen LogP contribution < -0.4 is 10.1 Å². The lowest BCUT2D eigenvalue weighted by Gasteiger charge is -2.32. The maximum Gasteiger partial charge on any atom is 0.271 e. The normalized spacial score (nSPS) is 14.2. The average Bonchev–Trinajstić information content (AvgIpc) is 3.30. The minimum atomic E-state index is -0.541. The molecule has 3 aromatic rings. The number of nitrogens with zero attached hydrogens (tertiary/aromatic N) is 2. The van der Waals surface area contributed by atoms with Crippen molar-refractivity contribution in [3.8, 4) is 17.0 Å². The van der Waals surface area contributed by atoms with E-state index in [0.29, 0.717) is 43.9 Å². The first kappa shape index (κ1) is 21.5. The number of ether oxygens (including phenoxy) is 1. The van der Waals surface area contributed by atoms with Crippen LogP contribution in [0.5, 0.6) is 5.75 Å². The number of nitrogens with one attached hydrogen (secondary N) is 2. The van der Waals surface area contributed by atoms with Crippen LogP contribution >= 0.6 is 0 Å². The number of aromatic amines is 1. The number of aromatic nitrogens is 2. The van der Waals surface area contributed by atoms with E-state index in [0.717, 1.165) is 11.3 Å². The fraction of sp³-hybridized carbons (Fsp3) is 0.292. The molecule has 0 spiro atoms. The van der Waals surface area contributed by atoms with E-state index >= 15 is 0 Å². The molecule has 2 heterocycles. The van der Waals surface area contributed by atoms with Gasteiger partial charge in [0.15, 0.2) is 0 Å². The summed E-state index contributed by atoms with van der Waals surface area (Å²) in [6.07, 6.45) is 1.21. The Labute approximate surface area is 185 Å². The second kappa shape index (κ2) is 9.64. The van der Waals surface area contributed by atoms with Gasteiger partial charge in [-0.3, -0.25) is 14.7 Å². The molecular weight excluding hydrogens is 411 g/mol. The first-order valence-electron chi connectivity index (χ1n) is 10.7. The predicted molar refractivity (Wildman–Crippen MR) is 118 cm³/mol. The Balaban J connectivity index is 1.33. The Kier molecular flexibility index (Phi) is 6.49. The lowest BCUT2D eigenvalue weighted by atomic mass is 10.0. The van der Waals surface area contributed by atoms with Crippen LogP contribution in [-0.4, -0.2) is 52.6 Å². The number of hydrogen-bond acceptors (Lipinski definition) is 4. The predicted octanol–water partition coefficient (Wildman–Crippen LogP) is 3.65. The SMILES string of the molecule is CCOc1ccc(-c2cc(C(=O)N3CCC(NC(=O)c4ccccc4F)CC3)[nH]n2)cc1. The van der Waals surface area contributed by atoms with E-state index in [2.05, 4.69) is 15.5 Å². The number of amides is 2. The summed E-state index contributed by atoms with van der Waals surface area (Å²) >= 11 is 0. The van der Waals surface area contributed by atoms with Gasteiger partial charge in [0.2, 0.25) is 0 Å². The molecule has 0 bridgehead atoms. The molecule has 2 aromatic carbocycles. The van der Waals surface area contributed by atoms with Gasteiger partial charge in [0.25, 0.3) is 11.8 Å². The summed E-state index contributed by atoms with van der Waals surface area (Å²) in [7, 11) is 0. The molecule has 0 radical (unpaired) electrons. The maximum atomic E-state index is 13.8. The van der Waals surface area contributed by atoms with Gasteiger partial charge < -0.3 is 15.0 Å². The topological polar surface area (TPSA) is 87.3 Å². The van der Waals surface area contributed by atoms with Gasteiger partial charge in [-0.05, 0) is 62.2 Å². The Bertz CT molecular complexity index is 1090. The number of carbonyl (C=O) groups excluding carboxylic acids is 2. The van der Waals surface area contributed by atoms with Gasteiger partial charge in [-0.25, -0.2) is 4.39 Å². The first-order chi connectivity index (χ1) is 15.5. The largest absolute Gasteiger partial charge is 0.494 e. The van der Waals surface area contributed by atoms with Gasteiger partial charge in [-0.1, -0.05) is 12.1 Å². The number of piperidine rings is 1. The molecule has 1 aromatic heterocycles. The van der Waals surface area contributed by atoms with E-state index in [1.807, 2.05) is 31.2 Å². The zero-order valence-electron chi connectivity index (χ0n) is 17.8. The van der Waals surface area contributed by atoms with E-state index in [9.17, 15) is 14.0 Å². The minimum absolute atomic E-state index is 0.0327. The number of halogens is 1. The first-order valence-corrected chi connectivity index (χ1v) is 10.7. The van der Waals surface area contributed by atoms with Crippen LogP contribution in [0.15, 0.2) is 54.6 Å². The molecule has 7 nitrogen and oxygen atoms in total. The molecule has 1 aliphatic rings. The fourth-order valence-corrected chi connectivity index (χ4v) is 3.77. The van der Waals surface area contributed by atoms with Crippen molar-refractivity contribution >= 4 is 11.8 Å². The maximum absolute atomic E-state index is 13.8. The molecule has 0 saturated carbocycles. The summed E-state index contributed by atoms with van der Waals surface area (Å²) in [6, 6.07) is 15.1. The second-order valence-corrected chi connectivity index (χ2v) is 7.64. The minimum Gasteiger partial charge on any atom is -0.494 e. The Morgan fingerprint density at radius 1 is 1.16 bits per heavy atom. The van der Waals surface area contributed by atoms with Crippen molar-refractivity contribution in [3.05, 3.63) is 71.7 Å². The number of rotatable bonds is 6. The highest BCUT2D eigenvalue weighted by atomic mass is 19.1. The van der Waals surface area contributed by atoms with Crippen molar-refractivity contribution in [2.75, 3.05) is 19.7 Å². The molecule has 0 atom stereocenters. The van der Waals surface area contributed by atoms with Crippen molar-refractivity contribution in [1.29, 1.82) is 0 Å². The van der Waals surface area contributed by atoms with Crippen molar-refractivity contribution in [2.24, 2.45) is 0 Å². The summed E-state index contributed by atoms with van der Waals surface area (Å²) in [5.74, 6) is -0.316. The molecule has 0 aliphatic carbocycles. The van der Waals surface area contributed by atoms with Crippen molar-refractivity contribution in [1.82, 2.24) is 20.4 Å². The van der Waals surface area contributed by atoms with Crippen LogP contribution in [0.1, 0.15) is 40.6 Å². The molecule has 8 heteroatoms. The molecule has 1 aliphatic heterocycles. The lowest BCUT2D eigenvalue weighted by molar-refractivity contribution is 0.0692. The molecule has 2 N–H and O–H groups in total. The van der Waals surface area contributed by atoms with E-state index in [4.69, 9.17) is 4.74 Å². The number of carbonyl (C=O) groups is 2. The summed E-state index contributed by atoms with van der Waals surface area (Å²) in [5, 5.41) is 9.96. The summed E-state index contributed by atoms with van der Waals surface area (Å²) in [5.41, 5.74) is 2.02. The number of hydrogen-bond donors (Lipinski definition) is 2. The number of likely N-dealkylation sites (tertiary alicyclic amines) is 1. The molecule has 32 heavy (non-hydrogen) atoms. The van der Waals surface area contributed by atoms with Crippen LogP contribution in [-0.2, 0) is 0 Å². The fourth-order valence-electron chi connectivity index (χ4n) is 3.77. The van der Waals surface area contributed by atoms with Gasteiger partial charge in [-0.15, -0.1) is 0 Å². The molecule has 2 amide bonds. The van der Waals surface area contributed by atoms with E-state index in [1.165, 1.54) is 12.1 Å². The van der Waals surface area contributed by atoms with Gasteiger partial charge in [0.05, 0.1) is 17.9 Å². The lowest BCUT2D eigenvalue weighted by Crippen LogP contribution is -2.46. The third kappa shape index (κ3) is 4.80. The highest BCUT2D eigenvalue weighted by Crippen LogP contribution is 2.22. The molecule has 1 fully saturated rings. The van der Waals surface area contributed by atoms with Crippen LogP contribution in [0.4, 0.5) is 4.39 Å².